The molecular weight excluding hydrogens is 849 g/mol. The minimum absolute atomic E-state index is 0.174. The van der Waals surface area contributed by atoms with Gasteiger partial charge in [0, 0.05) is 19.8 Å². The van der Waals surface area contributed by atoms with Gasteiger partial charge < -0.3 is 50.5 Å². The molecule has 0 unspecified atom stereocenters. The molecule has 370 valence electrons. The largest absolute Gasteiger partial charge is 0.469 e. The van der Waals surface area contributed by atoms with Crippen molar-refractivity contribution >= 4 is 54.2 Å². The van der Waals surface area contributed by atoms with Crippen molar-refractivity contribution in [2.75, 3.05) is 13.7 Å². The Labute approximate surface area is 388 Å². The molecule has 1 rings (SSSR count). The molecule has 0 saturated carbocycles. The third kappa shape index (κ3) is 25.9. The molecule has 0 aromatic carbocycles. The molecule has 1 aliphatic heterocycles. The average molecular weight is 932 g/mol. The number of esters is 3. The highest BCUT2D eigenvalue weighted by Crippen LogP contribution is 2.28. The van der Waals surface area contributed by atoms with E-state index in [1.807, 2.05) is 0 Å². The number of primary amides is 1. The van der Waals surface area contributed by atoms with Gasteiger partial charge in [-0.15, -0.1) is 12.6 Å². The van der Waals surface area contributed by atoms with E-state index in [4.69, 9.17) is 26.1 Å². The van der Waals surface area contributed by atoms with Crippen LogP contribution in [-0.2, 0) is 57.2 Å². The number of rotatable bonds is 36. The van der Waals surface area contributed by atoms with Crippen molar-refractivity contribution in [3.63, 3.8) is 0 Å². The molecule has 6 N–H and O–H groups in total. The molecule has 17 nitrogen and oxygen atoms in total. The summed E-state index contributed by atoms with van der Waals surface area (Å²) in [5.41, 5.74) is 4.25. The van der Waals surface area contributed by atoms with E-state index in [0.29, 0.717) is 18.2 Å². The Hall–Kier alpha value is -3.48. The summed E-state index contributed by atoms with van der Waals surface area (Å²) < 4.78 is 36.1. The number of nitrogens with two attached hydrogens (primary N) is 1. The number of hydrogen-bond acceptors (Lipinski definition) is 14. The van der Waals surface area contributed by atoms with Gasteiger partial charge in [-0.3, -0.25) is 33.6 Å². The monoisotopic (exact) mass is 932 g/mol. The van der Waals surface area contributed by atoms with E-state index in [1.165, 1.54) is 72.1 Å². The Morgan fingerprint density at radius 2 is 1.31 bits per heavy atom. The minimum atomic E-state index is -1.60. The highest BCUT2D eigenvalue weighted by atomic mass is 32.1. The van der Waals surface area contributed by atoms with Gasteiger partial charge in [0.15, 0.2) is 1.41 Å². The number of thiol groups is 1. The Balaban J connectivity index is 2.91. The van der Waals surface area contributed by atoms with Crippen LogP contribution in [0.4, 0.5) is 0 Å². The van der Waals surface area contributed by atoms with Crippen molar-refractivity contribution < 1.29 is 63.8 Å². The van der Waals surface area contributed by atoms with Crippen LogP contribution < -0.4 is 21.7 Å². The van der Waals surface area contributed by atoms with Gasteiger partial charge in [0.05, 0.1) is 19.6 Å². The van der Waals surface area contributed by atoms with Crippen molar-refractivity contribution in [2.24, 2.45) is 5.73 Å². The third-order valence-corrected chi connectivity index (χ3v) is 11.7. The number of ether oxygens (including phenoxy) is 5. The molecule has 0 spiro atoms. The van der Waals surface area contributed by atoms with E-state index in [2.05, 4.69) is 41.8 Å². The zero-order valence-corrected chi connectivity index (χ0v) is 40.4. The lowest BCUT2D eigenvalue weighted by molar-refractivity contribution is -0.204. The fourth-order valence-electron chi connectivity index (χ4n) is 7.34. The number of hydrogen-bond donors (Lipinski definition) is 6. The molecule has 0 aromatic rings. The third-order valence-electron chi connectivity index (χ3n) is 11.2. The average Bonchev–Trinajstić information content (AvgIpc) is 3.26. The summed E-state index contributed by atoms with van der Waals surface area (Å²) in [6, 6.07) is -3.88. The molecule has 4 amide bonds. The first-order valence-corrected chi connectivity index (χ1v) is 24.3. The number of carbonyl (C=O) groups excluding carboxylic acids is 7. The van der Waals surface area contributed by atoms with Gasteiger partial charge in [-0.2, -0.15) is 0 Å². The number of carbonyl (C=O) groups is 7. The van der Waals surface area contributed by atoms with E-state index in [1.54, 1.807) is 0 Å². The zero-order valence-electron chi connectivity index (χ0n) is 40.5. The van der Waals surface area contributed by atoms with Crippen LogP contribution >= 0.6 is 12.6 Å². The van der Waals surface area contributed by atoms with Crippen LogP contribution in [0, 0.1) is 0 Å². The Bertz CT molecular complexity index is 1430. The molecule has 1 fully saturated rings. The fraction of sp³-hybridized carbons (Fsp3) is 0.848. The fourth-order valence-corrected chi connectivity index (χ4v) is 7.74. The van der Waals surface area contributed by atoms with Crippen LogP contribution in [-0.4, -0.2) is 114 Å². The maximum absolute atomic E-state index is 13.4. The van der Waals surface area contributed by atoms with E-state index in [9.17, 15) is 38.7 Å². The Morgan fingerprint density at radius 1 is 0.766 bits per heavy atom. The van der Waals surface area contributed by atoms with E-state index >= 15 is 0 Å². The predicted octanol–water partition coefficient (Wildman–Crippen LogP) is 5.40. The van der Waals surface area contributed by atoms with Gasteiger partial charge >= 0.3 is 17.9 Å². The highest BCUT2D eigenvalue weighted by Gasteiger charge is 2.47. The second kappa shape index (κ2) is 34.8. The van der Waals surface area contributed by atoms with Crippen molar-refractivity contribution in [3.8, 4) is 0 Å². The lowest BCUT2D eigenvalue weighted by Crippen LogP contribution is -2.64. The van der Waals surface area contributed by atoms with Gasteiger partial charge in [0.2, 0.25) is 23.6 Å². The SMILES string of the molecule is [2H]N(C(=O)[C@@H](C)O[C@H]1[C@H](O)[C@@H](COC(=O)C[C@@H](CCCCCCCCC)OC(=O)CCCCCCCCCCCCC)O[C@@H](S)[C@@H]1NC(C)=O)[C@@H](C)C(=O)N[C@@H](CCC(=O)OC)C(N)=O. The summed E-state index contributed by atoms with van der Waals surface area (Å²) in [4.78, 5) is 88.2. The molecule has 0 radical (unpaired) electrons. The van der Waals surface area contributed by atoms with Crippen LogP contribution in [0.25, 0.3) is 0 Å². The number of unbranched alkanes of at least 4 members (excludes halogenated alkanes) is 16. The summed E-state index contributed by atoms with van der Waals surface area (Å²) in [5, 5.41) is 16.7. The lowest BCUT2D eigenvalue weighted by atomic mass is 9.97. The molecule has 0 aliphatic carbocycles. The number of aliphatic hydroxyl groups is 1. The number of aliphatic hydroxyl groups excluding tert-OH is 1. The first-order valence-electron chi connectivity index (χ1n) is 24.2. The van der Waals surface area contributed by atoms with Crippen molar-refractivity contribution in [3.05, 3.63) is 0 Å². The molecule has 0 bridgehead atoms. The summed E-state index contributed by atoms with van der Waals surface area (Å²) in [5.74, 6) is -5.09. The molecule has 1 aliphatic rings. The van der Waals surface area contributed by atoms with Crippen LogP contribution in [0.5, 0.6) is 0 Å². The molecule has 1 heterocycles. The molecule has 18 heteroatoms. The van der Waals surface area contributed by atoms with Crippen LogP contribution in [0.1, 0.15) is 182 Å². The highest BCUT2D eigenvalue weighted by molar-refractivity contribution is 7.80. The van der Waals surface area contributed by atoms with Gasteiger partial charge in [-0.1, -0.05) is 117 Å². The van der Waals surface area contributed by atoms with Crippen LogP contribution in [0.2, 0.25) is 1.41 Å². The summed E-state index contributed by atoms with van der Waals surface area (Å²) >= 11 is 4.45. The zero-order chi connectivity index (χ0) is 48.7. The van der Waals surface area contributed by atoms with Gasteiger partial charge in [-0.25, -0.2) is 0 Å². The molecular formula is C46H82N4O13S. The summed E-state index contributed by atoms with van der Waals surface area (Å²) in [6.07, 6.45) is 13.8. The molecule has 0 aromatic heterocycles. The number of methoxy groups -OCH3 is 1. The van der Waals surface area contributed by atoms with Gasteiger partial charge in [0.25, 0.3) is 0 Å². The maximum atomic E-state index is 13.4. The Morgan fingerprint density at radius 3 is 1.84 bits per heavy atom. The van der Waals surface area contributed by atoms with Crippen LogP contribution in [0.15, 0.2) is 0 Å². The van der Waals surface area contributed by atoms with E-state index in [-0.39, 0.29) is 31.7 Å². The van der Waals surface area contributed by atoms with E-state index in [0.717, 1.165) is 64.9 Å². The van der Waals surface area contributed by atoms with Gasteiger partial charge in [0.1, 0.15) is 54.6 Å². The molecule has 64 heavy (non-hydrogen) atoms. The molecule has 1 saturated heterocycles. The Kier molecular flexibility index (Phi) is 30.8. The van der Waals surface area contributed by atoms with Crippen LogP contribution in [0.3, 0.4) is 0 Å². The second-order valence-corrected chi connectivity index (χ2v) is 17.5. The standard InChI is InChI=1S/C46H82N4O13S/c1-7-9-11-13-15-16-17-18-20-22-24-26-38(53)62-34(25-23-21-19-14-12-10-8-2)29-39(54)60-30-36-41(55)42(40(46(64)63-36)49-33(5)51)61-32(4)45(58)48-31(3)44(57)50-35(43(47)56)27-28-37(52)59-6/h31-32,34-36,40-42,46,55,64H,7-30H2,1-6H3,(H2,47,56)(H,48,58)(H,49,51)(H,50,57)/t31-,32+,34+,35-,36+,40+,41+,42+,46-/m0/s1/i/hD. The quantitative estimate of drug-likeness (QED) is 0.0200. The van der Waals surface area contributed by atoms with Crippen molar-refractivity contribution in [1.82, 2.24) is 15.9 Å². The molecule has 9 atom stereocenters. The smallest absolute Gasteiger partial charge is 0.309 e. The first kappa shape index (κ1) is 56.6. The number of amides is 4. The normalized spacial score (nSPS) is 20.4. The topological polar surface area (TPSA) is 248 Å². The van der Waals surface area contributed by atoms with Gasteiger partial charge in [-0.05, 0) is 39.5 Å². The lowest BCUT2D eigenvalue weighted by Gasteiger charge is -2.43. The van der Waals surface area contributed by atoms with E-state index < -0.39 is 96.3 Å². The maximum Gasteiger partial charge on any atom is 0.309 e. The minimum Gasteiger partial charge on any atom is -0.469 e. The summed E-state index contributed by atoms with van der Waals surface area (Å²) in [6.45, 7) is 7.63. The van der Waals surface area contributed by atoms with Crippen molar-refractivity contribution in [2.45, 2.75) is 236 Å². The first-order chi connectivity index (χ1) is 31.0. The second-order valence-electron chi connectivity index (χ2n) is 16.9. The van der Waals surface area contributed by atoms with Crippen molar-refractivity contribution in [1.29, 1.82) is 0 Å². The summed E-state index contributed by atoms with van der Waals surface area (Å²) in [7, 11) is 1.16. The predicted molar refractivity (Wildman–Crippen MR) is 245 cm³/mol. The number of nitrogens with one attached hydrogen (secondary N) is 3.